The van der Waals surface area contributed by atoms with Crippen LogP contribution in [-0.4, -0.2) is 34.2 Å². The van der Waals surface area contributed by atoms with Gasteiger partial charge in [-0.05, 0) is 0 Å². The van der Waals surface area contributed by atoms with Crippen molar-refractivity contribution in [2.24, 2.45) is 0 Å². The predicted molar refractivity (Wildman–Crippen MR) is 33.8 cm³/mol. The van der Waals surface area contributed by atoms with E-state index >= 15 is 0 Å². The Morgan fingerprint density at radius 3 is 2.20 bits per heavy atom. The Labute approximate surface area is 59.8 Å². The molecule has 0 aliphatic carbocycles. The van der Waals surface area contributed by atoms with E-state index in [2.05, 4.69) is 9.68 Å². The standard InChI is InChI=1S/C3H10N2O4S/c1-5(9-3)10(6,7)4-8-2/h4H,1-3H3. The van der Waals surface area contributed by atoms with Crippen molar-refractivity contribution in [3.63, 3.8) is 0 Å². The van der Waals surface area contributed by atoms with Crippen molar-refractivity contribution >= 4 is 10.2 Å². The molecule has 0 spiro atoms. The van der Waals surface area contributed by atoms with Crippen LogP contribution < -0.4 is 4.89 Å². The van der Waals surface area contributed by atoms with Gasteiger partial charge in [-0.1, -0.05) is 9.35 Å². The fraction of sp³-hybridized carbons (Fsp3) is 1.00. The Bertz CT molecular complexity index is 177. The first-order valence-electron chi connectivity index (χ1n) is 2.37. The smallest absolute Gasteiger partial charge is 0.289 e. The highest BCUT2D eigenvalue weighted by Crippen LogP contribution is 1.90. The Morgan fingerprint density at radius 2 is 1.90 bits per heavy atom. The summed E-state index contributed by atoms with van der Waals surface area (Å²) in [6.45, 7) is 0. The topological polar surface area (TPSA) is 67.9 Å². The van der Waals surface area contributed by atoms with Gasteiger partial charge in [0.25, 0.3) is 0 Å². The van der Waals surface area contributed by atoms with Crippen LogP contribution in [0.1, 0.15) is 0 Å². The molecule has 0 aromatic carbocycles. The lowest BCUT2D eigenvalue weighted by atomic mass is 11.5. The van der Waals surface area contributed by atoms with Gasteiger partial charge >= 0.3 is 10.2 Å². The maximum atomic E-state index is 10.7. The molecule has 62 valence electrons. The molecule has 0 unspecified atom stereocenters. The summed E-state index contributed by atoms with van der Waals surface area (Å²) in [5.41, 5.74) is 0. The van der Waals surface area contributed by atoms with Crippen molar-refractivity contribution in [1.29, 1.82) is 0 Å². The van der Waals surface area contributed by atoms with E-state index in [0.717, 1.165) is 0 Å². The molecule has 0 aliphatic heterocycles. The molecule has 0 rings (SSSR count). The molecule has 0 atom stereocenters. The first-order chi connectivity index (χ1) is 4.54. The lowest BCUT2D eigenvalue weighted by Crippen LogP contribution is -2.36. The van der Waals surface area contributed by atoms with Gasteiger partial charge in [-0.15, -0.1) is 0 Å². The fourth-order valence-corrected chi connectivity index (χ4v) is 0.768. The summed E-state index contributed by atoms with van der Waals surface area (Å²) in [6, 6.07) is 0. The third kappa shape index (κ3) is 2.58. The second-order valence-electron chi connectivity index (χ2n) is 1.38. The lowest BCUT2D eigenvalue weighted by Gasteiger charge is -2.12. The maximum absolute atomic E-state index is 10.7. The molecule has 6 nitrogen and oxygen atoms in total. The monoisotopic (exact) mass is 170 g/mol. The zero-order valence-electron chi connectivity index (χ0n) is 5.99. The molecule has 10 heavy (non-hydrogen) atoms. The SMILES string of the molecule is CONS(=O)(=O)N(C)OC. The number of nitrogens with one attached hydrogen (secondary N) is 1. The summed E-state index contributed by atoms with van der Waals surface area (Å²) in [5, 5.41) is 0. The number of hydrogen-bond donors (Lipinski definition) is 1. The van der Waals surface area contributed by atoms with Crippen LogP contribution in [0.2, 0.25) is 0 Å². The van der Waals surface area contributed by atoms with Crippen LogP contribution in [0.3, 0.4) is 0 Å². The average Bonchev–Trinajstić information content (AvgIpc) is 1.86. The van der Waals surface area contributed by atoms with Crippen LogP contribution in [0.5, 0.6) is 0 Å². The van der Waals surface area contributed by atoms with Crippen LogP contribution >= 0.6 is 0 Å². The van der Waals surface area contributed by atoms with E-state index in [1.54, 1.807) is 4.89 Å². The van der Waals surface area contributed by atoms with E-state index in [-0.39, 0.29) is 0 Å². The van der Waals surface area contributed by atoms with Crippen molar-refractivity contribution < 1.29 is 18.1 Å². The van der Waals surface area contributed by atoms with Gasteiger partial charge in [0.15, 0.2) is 0 Å². The maximum Gasteiger partial charge on any atom is 0.323 e. The fourth-order valence-electron chi connectivity index (χ4n) is 0.256. The molecular formula is C3H10N2O4S. The molecule has 7 heteroatoms. The molecule has 0 aromatic rings. The van der Waals surface area contributed by atoms with Gasteiger partial charge in [0, 0.05) is 7.05 Å². The first-order valence-corrected chi connectivity index (χ1v) is 3.81. The van der Waals surface area contributed by atoms with Crippen molar-refractivity contribution in [3.8, 4) is 0 Å². The zero-order valence-corrected chi connectivity index (χ0v) is 6.80. The van der Waals surface area contributed by atoms with Crippen LogP contribution in [0.4, 0.5) is 0 Å². The Balaban J connectivity index is 4.12. The number of hydrogen-bond acceptors (Lipinski definition) is 4. The Kier molecular flexibility index (Phi) is 3.76. The lowest BCUT2D eigenvalue weighted by molar-refractivity contribution is -0.0332. The molecule has 0 aliphatic rings. The van der Waals surface area contributed by atoms with Gasteiger partial charge < -0.3 is 0 Å². The summed E-state index contributed by atoms with van der Waals surface area (Å²) < 4.78 is 22.1. The molecule has 1 N–H and O–H groups in total. The second-order valence-corrected chi connectivity index (χ2v) is 3.02. The number of rotatable bonds is 4. The molecule has 0 bridgehead atoms. The van der Waals surface area contributed by atoms with Gasteiger partial charge in [-0.3, -0.25) is 9.68 Å². The minimum absolute atomic E-state index is 0.635. The summed E-state index contributed by atoms with van der Waals surface area (Å²) in [5.74, 6) is 0. The van der Waals surface area contributed by atoms with E-state index in [9.17, 15) is 8.42 Å². The van der Waals surface area contributed by atoms with E-state index < -0.39 is 10.2 Å². The van der Waals surface area contributed by atoms with Gasteiger partial charge in [-0.2, -0.15) is 8.42 Å². The van der Waals surface area contributed by atoms with Crippen molar-refractivity contribution in [1.82, 2.24) is 9.35 Å². The molecule has 0 saturated carbocycles. The van der Waals surface area contributed by atoms with E-state index in [0.29, 0.717) is 4.47 Å². The molecule has 0 fully saturated rings. The van der Waals surface area contributed by atoms with E-state index in [4.69, 9.17) is 0 Å². The Morgan fingerprint density at radius 1 is 1.40 bits per heavy atom. The van der Waals surface area contributed by atoms with Gasteiger partial charge in [0.05, 0.1) is 14.2 Å². The molecule has 0 aromatic heterocycles. The van der Waals surface area contributed by atoms with Crippen molar-refractivity contribution in [2.75, 3.05) is 21.3 Å². The highest BCUT2D eigenvalue weighted by atomic mass is 32.2. The van der Waals surface area contributed by atoms with Gasteiger partial charge in [-0.25, -0.2) is 0 Å². The number of hydroxylamine groups is 1. The quantitative estimate of drug-likeness (QED) is 0.542. The largest absolute Gasteiger partial charge is 0.323 e. The van der Waals surface area contributed by atoms with Crippen molar-refractivity contribution in [2.45, 2.75) is 0 Å². The van der Waals surface area contributed by atoms with Crippen LogP contribution in [0, 0.1) is 0 Å². The molecule has 0 saturated heterocycles. The molecular weight excluding hydrogens is 160 g/mol. The third-order valence-electron chi connectivity index (χ3n) is 0.784. The highest BCUT2D eigenvalue weighted by Gasteiger charge is 2.15. The van der Waals surface area contributed by atoms with Crippen molar-refractivity contribution in [3.05, 3.63) is 0 Å². The third-order valence-corrected chi connectivity index (χ3v) is 1.99. The zero-order chi connectivity index (χ0) is 8.20. The van der Waals surface area contributed by atoms with Crippen LogP contribution in [0.25, 0.3) is 0 Å². The van der Waals surface area contributed by atoms with E-state index in [1.807, 2.05) is 0 Å². The molecule has 0 amide bonds. The molecule has 0 heterocycles. The first kappa shape index (κ1) is 9.79. The molecule has 0 radical (unpaired) electrons. The summed E-state index contributed by atoms with van der Waals surface area (Å²) in [4.78, 5) is 10.3. The second kappa shape index (κ2) is 3.84. The minimum Gasteiger partial charge on any atom is -0.289 e. The Hall–Kier alpha value is -0.210. The highest BCUT2D eigenvalue weighted by molar-refractivity contribution is 7.86. The van der Waals surface area contributed by atoms with Gasteiger partial charge in [0.2, 0.25) is 0 Å². The van der Waals surface area contributed by atoms with Crippen LogP contribution in [-0.2, 0) is 19.9 Å². The predicted octanol–water partition coefficient (Wildman–Crippen LogP) is -1.12. The summed E-state index contributed by atoms with van der Waals surface area (Å²) in [6.07, 6.45) is 0. The summed E-state index contributed by atoms with van der Waals surface area (Å²) >= 11 is 0. The van der Waals surface area contributed by atoms with Crippen LogP contribution in [0.15, 0.2) is 0 Å². The van der Waals surface area contributed by atoms with Gasteiger partial charge in [0.1, 0.15) is 0 Å². The minimum atomic E-state index is -3.62. The normalized spacial score (nSPS) is 12.4. The summed E-state index contributed by atoms with van der Waals surface area (Å²) in [7, 11) is 0.0425. The average molecular weight is 170 g/mol. The number of nitrogens with zero attached hydrogens (tertiary/aromatic N) is 1. The van der Waals surface area contributed by atoms with E-state index in [1.165, 1.54) is 21.3 Å².